The Morgan fingerprint density at radius 3 is 2.63 bits per heavy atom. The smallest absolute Gasteiger partial charge is 0.285 e. The molecule has 2 aromatic rings. The molecule has 1 saturated heterocycles. The normalized spacial score (nSPS) is 23.6. The number of carbonyl (C=O) groups is 2. The number of fused-ring (bicyclic) bond motifs is 1. The zero-order chi connectivity index (χ0) is 21.6. The molecule has 1 aromatic carbocycles. The minimum absolute atomic E-state index is 0.0489. The SMILES string of the molecule is CS(=O)(=O)C1(C(=O)N2CCCS(=O)(=NC(=O)c3cccc4ccncc34)CC2)CC1. The molecule has 1 saturated carbocycles. The molecule has 4 rings (SSSR count). The Morgan fingerprint density at radius 2 is 1.93 bits per heavy atom. The minimum Gasteiger partial charge on any atom is -0.340 e. The van der Waals surface area contributed by atoms with Gasteiger partial charge in [-0.2, -0.15) is 4.36 Å². The van der Waals surface area contributed by atoms with Gasteiger partial charge < -0.3 is 4.90 Å². The van der Waals surface area contributed by atoms with E-state index in [0.29, 0.717) is 36.8 Å². The van der Waals surface area contributed by atoms with Crippen molar-refractivity contribution < 1.29 is 22.2 Å². The molecule has 2 fully saturated rings. The molecule has 1 unspecified atom stereocenters. The van der Waals surface area contributed by atoms with Crippen LogP contribution in [0.3, 0.4) is 0 Å². The van der Waals surface area contributed by atoms with Gasteiger partial charge in [0.05, 0.1) is 15.3 Å². The van der Waals surface area contributed by atoms with E-state index < -0.39 is 36.1 Å². The molecule has 160 valence electrons. The zero-order valence-corrected chi connectivity index (χ0v) is 18.2. The van der Waals surface area contributed by atoms with Gasteiger partial charge in [0, 0.05) is 48.6 Å². The van der Waals surface area contributed by atoms with Gasteiger partial charge in [-0.1, -0.05) is 12.1 Å². The lowest BCUT2D eigenvalue weighted by atomic mass is 10.1. The number of pyridine rings is 1. The van der Waals surface area contributed by atoms with E-state index in [9.17, 15) is 22.2 Å². The lowest BCUT2D eigenvalue weighted by Gasteiger charge is -2.24. The Balaban J connectivity index is 1.57. The van der Waals surface area contributed by atoms with Crippen molar-refractivity contribution in [2.45, 2.75) is 24.0 Å². The molecule has 0 radical (unpaired) electrons. The molecule has 0 spiro atoms. The van der Waals surface area contributed by atoms with Crippen LogP contribution in [0.15, 0.2) is 41.0 Å². The summed E-state index contributed by atoms with van der Waals surface area (Å²) in [5.41, 5.74) is 0.342. The highest BCUT2D eigenvalue weighted by molar-refractivity contribution is 7.94. The number of hydrogen-bond donors (Lipinski definition) is 0. The lowest BCUT2D eigenvalue weighted by molar-refractivity contribution is -0.131. The predicted molar refractivity (Wildman–Crippen MR) is 114 cm³/mol. The Kier molecular flexibility index (Phi) is 5.17. The second-order valence-corrected chi connectivity index (χ2v) is 12.8. The number of benzene rings is 1. The van der Waals surface area contributed by atoms with E-state index in [4.69, 9.17) is 0 Å². The van der Waals surface area contributed by atoms with Crippen LogP contribution in [0.5, 0.6) is 0 Å². The monoisotopic (exact) mass is 449 g/mol. The van der Waals surface area contributed by atoms with Crippen LogP contribution in [0.1, 0.15) is 29.6 Å². The highest BCUT2D eigenvalue weighted by Gasteiger charge is 2.60. The molecule has 1 aromatic heterocycles. The first-order valence-corrected chi connectivity index (χ1v) is 13.5. The van der Waals surface area contributed by atoms with Crippen LogP contribution < -0.4 is 0 Å². The maximum Gasteiger partial charge on any atom is 0.285 e. The molecule has 1 atom stereocenters. The summed E-state index contributed by atoms with van der Waals surface area (Å²) in [7, 11) is -6.36. The standard InChI is InChI=1S/C20H23N3O5S2/c1-29(26,27)20(7-8-20)19(25)23-10-3-12-30(28,13-11-23)22-18(24)16-5-2-4-15-6-9-21-14-17(15)16/h2,4-6,9,14H,3,7-8,10-13H2,1H3. The van der Waals surface area contributed by atoms with Gasteiger partial charge in [-0.15, -0.1) is 0 Å². The molecular formula is C20H23N3O5S2. The van der Waals surface area contributed by atoms with Gasteiger partial charge in [0.1, 0.15) is 0 Å². The van der Waals surface area contributed by atoms with Crippen molar-refractivity contribution in [1.82, 2.24) is 9.88 Å². The van der Waals surface area contributed by atoms with Gasteiger partial charge in [-0.25, -0.2) is 12.6 Å². The highest BCUT2D eigenvalue weighted by Crippen LogP contribution is 2.44. The van der Waals surface area contributed by atoms with E-state index in [1.54, 1.807) is 30.6 Å². The molecule has 0 N–H and O–H groups in total. The maximum absolute atomic E-state index is 13.3. The van der Waals surface area contributed by atoms with Crippen molar-refractivity contribution in [2.75, 3.05) is 30.9 Å². The number of carbonyl (C=O) groups excluding carboxylic acids is 2. The van der Waals surface area contributed by atoms with Gasteiger partial charge in [0.25, 0.3) is 5.91 Å². The summed E-state index contributed by atoms with van der Waals surface area (Å²) in [5.74, 6) is -0.738. The fourth-order valence-corrected chi connectivity index (χ4v) is 7.05. The molecular weight excluding hydrogens is 426 g/mol. The Labute approximate surface area is 175 Å². The van der Waals surface area contributed by atoms with Crippen molar-refractivity contribution >= 4 is 42.2 Å². The van der Waals surface area contributed by atoms with Gasteiger partial charge in [0.15, 0.2) is 14.6 Å². The largest absolute Gasteiger partial charge is 0.340 e. The number of rotatable bonds is 3. The van der Waals surface area contributed by atoms with E-state index in [1.807, 2.05) is 6.07 Å². The van der Waals surface area contributed by atoms with Crippen molar-refractivity contribution in [3.05, 3.63) is 42.2 Å². The summed E-state index contributed by atoms with van der Waals surface area (Å²) in [5, 5.41) is 1.49. The summed E-state index contributed by atoms with van der Waals surface area (Å²) in [6.07, 6.45) is 5.36. The number of sulfone groups is 1. The number of hydrogen-bond acceptors (Lipinski definition) is 6. The van der Waals surface area contributed by atoms with E-state index in [2.05, 4.69) is 9.35 Å². The van der Waals surface area contributed by atoms with Crippen LogP contribution in [-0.2, 0) is 24.4 Å². The van der Waals surface area contributed by atoms with Crippen molar-refractivity contribution in [3.8, 4) is 0 Å². The average molecular weight is 450 g/mol. The summed E-state index contributed by atoms with van der Waals surface area (Å²) in [4.78, 5) is 31.2. The third-order valence-corrected chi connectivity index (χ3v) is 10.1. The molecule has 2 aliphatic rings. The fourth-order valence-electron chi connectivity index (χ4n) is 3.89. The summed E-state index contributed by atoms with van der Waals surface area (Å²) < 4.78 is 40.2. The highest BCUT2D eigenvalue weighted by atomic mass is 32.2. The average Bonchev–Trinajstić information content (AvgIpc) is 3.52. The second-order valence-electron chi connectivity index (χ2n) is 7.89. The minimum atomic E-state index is -3.50. The molecule has 0 bridgehead atoms. The molecule has 30 heavy (non-hydrogen) atoms. The zero-order valence-electron chi connectivity index (χ0n) is 16.6. The van der Waals surface area contributed by atoms with Crippen LogP contribution >= 0.6 is 0 Å². The van der Waals surface area contributed by atoms with E-state index in [0.717, 1.165) is 11.6 Å². The van der Waals surface area contributed by atoms with Gasteiger partial charge in [0.2, 0.25) is 5.91 Å². The number of amides is 2. The summed E-state index contributed by atoms with van der Waals surface area (Å²) in [6.45, 7) is 0.442. The van der Waals surface area contributed by atoms with Crippen LogP contribution in [0.2, 0.25) is 0 Å². The molecule has 2 heterocycles. The van der Waals surface area contributed by atoms with Crippen molar-refractivity contribution in [1.29, 1.82) is 0 Å². The van der Waals surface area contributed by atoms with E-state index in [1.165, 1.54) is 4.90 Å². The summed E-state index contributed by atoms with van der Waals surface area (Å²) >= 11 is 0. The van der Waals surface area contributed by atoms with Crippen LogP contribution in [0.4, 0.5) is 0 Å². The van der Waals surface area contributed by atoms with Crippen LogP contribution in [0.25, 0.3) is 10.8 Å². The predicted octanol–water partition coefficient (Wildman–Crippen LogP) is 1.65. The molecule has 8 nitrogen and oxygen atoms in total. The van der Waals surface area contributed by atoms with Gasteiger partial charge >= 0.3 is 0 Å². The van der Waals surface area contributed by atoms with Crippen LogP contribution in [0, 0.1) is 0 Å². The molecule has 10 heteroatoms. The van der Waals surface area contributed by atoms with Crippen molar-refractivity contribution in [3.63, 3.8) is 0 Å². The van der Waals surface area contributed by atoms with E-state index >= 15 is 0 Å². The van der Waals surface area contributed by atoms with Crippen LogP contribution in [-0.4, -0.2) is 69.9 Å². The first kappa shape index (κ1) is 20.9. The Morgan fingerprint density at radius 1 is 1.17 bits per heavy atom. The second kappa shape index (κ2) is 7.42. The topological polar surface area (TPSA) is 114 Å². The summed E-state index contributed by atoms with van der Waals surface area (Å²) in [6, 6.07) is 7.02. The third-order valence-electron chi connectivity index (χ3n) is 5.83. The first-order valence-electron chi connectivity index (χ1n) is 9.74. The fraction of sp³-hybridized carbons (Fsp3) is 0.450. The number of aromatic nitrogens is 1. The first-order chi connectivity index (χ1) is 14.2. The molecule has 2 amide bonds. The lowest BCUT2D eigenvalue weighted by Crippen LogP contribution is -2.45. The molecule has 1 aliphatic heterocycles. The van der Waals surface area contributed by atoms with Crippen molar-refractivity contribution in [2.24, 2.45) is 4.36 Å². The quantitative estimate of drug-likeness (QED) is 0.704. The van der Waals surface area contributed by atoms with Gasteiger partial charge in [-0.3, -0.25) is 14.6 Å². The number of nitrogens with zero attached hydrogens (tertiary/aromatic N) is 3. The molecule has 1 aliphatic carbocycles. The maximum atomic E-state index is 13.3. The third kappa shape index (κ3) is 3.74. The Hall–Kier alpha value is -2.33. The Bertz CT molecular complexity index is 1250. The van der Waals surface area contributed by atoms with E-state index in [-0.39, 0.29) is 18.1 Å². The van der Waals surface area contributed by atoms with Gasteiger partial charge in [-0.05, 0) is 36.8 Å².